The van der Waals surface area contributed by atoms with Crippen molar-refractivity contribution in [1.82, 2.24) is 4.90 Å². The molecule has 0 aromatic heterocycles. The first-order chi connectivity index (χ1) is 9.10. The van der Waals surface area contributed by atoms with E-state index in [0.29, 0.717) is 17.7 Å². The highest BCUT2D eigenvalue weighted by Gasteiger charge is 2.29. The third kappa shape index (κ3) is 3.63. The van der Waals surface area contributed by atoms with Crippen LogP contribution in [-0.2, 0) is 11.2 Å². The molecule has 1 aromatic carbocycles. The van der Waals surface area contributed by atoms with Gasteiger partial charge in [0.2, 0.25) is 5.91 Å². The Kier molecular flexibility index (Phi) is 4.70. The first-order valence-electron chi connectivity index (χ1n) is 6.60. The Bertz CT molecular complexity index is 444. The number of hydrogen-bond donors (Lipinski definition) is 0. The van der Waals surface area contributed by atoms with Crippen LogP contribution in [0.1, 0.15) is 18.4 Å². The van der Waals surface area contributed by atoms with Gasteiger partial charge in [-0.3, -0.25) is 4.79 Å². The van der Waals surface area contributed by atoms with Crippen molar-refractivity contribution in [1.29, 1.82) is 0 Å². The summed E-state index contributed by atoms with van der Waals surface area (Å²) in [6, 6.07) is 7.65. The summed E-state index contributed by atoms with van der Waals surface area (Å²) >= 11 is 5.96. The molecule has 2 rings (SSSR count). The standard InChI is InChI=1S/C15H20ClNO2/c1-17(10-11-7-13(16)8-11)15(18)9-12-5-3-4-6-14(12)19-2/h3-6,11,13H,7-10H2,1-2H3. The van der Waals surface area contributed by atoms with Crippen molar-refractivity contribution in [2.75, 3.05) is 20.7 Å². The summed E-state index contributed by atoms with van der Waals surface area (Å²) in [5, 5.41) is 0.308. The Morgan fingerprint density at radius 1 is 1.42 bits per heavy atom. The molecule has 0 unspecified atom stereocenters. The lowest BCUT2D eigenvalue weighted by atomic mass is 9.84. The third-order valence-corrected chi connectivity index (χ3v) is 4.03. The highest BCUT2D eigenvalue weighted by Crippen LogP contribution is 2.32. The molecule has 1 aliphatic carbocycles. The minimum absolute atomic E-state index is 0.127. The number of alkyl halides is 1. The highest BCUT2D eigenvalue weighted by molar-refractivity contribution is 6.21. The zero-order valence-corrected chi connectivity index (χ0v) is 12.2. The van der Waals surface area contributed by atoms with Crippen LogP contribution in [0.5, 0.6) is 5.75 Å². The van der Waals surface area contributed by atoms with Crippen molar-refractivity contribution in [2.24, 2.45) is 5.92 Å². The summed E-state index contributed by atoms with van der Waals surface area (Å²) in [5.41, 5.74) is 0.936. The maximum Gasteiger partial charge on any atom is 0.226 e. The molecule has 1 aromatic rings. The van der Waals surface area contributed by atoms with Gasteiger partial charge >= 0.3 is 0 Å². The molecular weight excluding hydrogens is 262 g/mol. The number of nitrogens with zero attached hydrogens (tertiary/aromatic N) is 1. The number of methoxy groups -OCH3 is 1. The molecule has 1 amide bonds. The summed E-state index contributed by atoms with van der Waals surface area (Å²) in [6.07, 6.45) is 2.43. The van der Waals surface area contributed by atoms with Crippen LogP contribution in [0.4, 0.5) is 0 Å². The van der Waals surface area contributed by atoms with E-state index in [1.807, 2.05) is 31.3 Å². The summed E-state index contributed by atoms with van der Waals surface area (Å²) in [4.78, 5) is 14.0. The second-order valence-corrected chi connectivity index (χ2v) is 5.81. The van der Waals surface area contributed by atoms with E-state index in [1.54, 1.807) is 12.0 Å². The van der Waals surface area contributed by atoms with Gasteiger partial charge in [-0.2, -0.15) is 0 Å². The topological polar surface area (TPSA) is 29.5 Å². The Labute approximate surface area is 119 Å². The van der Waals surface area contributed by atoms with E-state index in [4.69, 9.17) is 16.3 Å². The van der Waals surface area contributed by atoms with Gasteiger partial charge < -0.3 is 9.64 Å². The van der Waals surface area contributed by atoms with E-state index in [9.17, 15) is 4.79 Å². The van der Waals surface area contributed by atoms with Gasteiger partial charge in [0.25, 0.3) is 0 Å². The van der Waals surface area contributed by atoms with Crippen molar-refractivity contribution in [3.8, 4) is 5.75 Å². The first-order valence-corrected chi connectivity index (χ1v) is 7.03. The number of benzene rings is 1. The predicted octanol–water partition coefficient (Wildman–Crippen LogP) is 2.71. The van der Waals surface area contributed by atoms with Gasteiger partial charge in [0.05, 0.1) is 13.5 Å². The van der Waals surface area contributed by atoms with E-state index < -0.39 is 0 Å². The minimum atomic E-state index is 0.127. The molecule has 0 radical (unpaired) electrons. The van der Waals surface area contributed by atoms with E-state index >= 15 is 0 Å². The number of amides is 1. The zero-order valence-electron chi connectivity index (χ0n) is 11.4. The molecule has 19 heavy (non-hydrogen) atoms. The van der Waals surface area contributed by atoms with Crippen LogP contribution in [0, 0.1) is 5.92 Å². The van der Waals surface area contributed by atoms with E-state index in [-0.39, 0.29) is 5.91 Å². The first kappa shape index (κ1) is 14.2. The maximum atomic E-state index is 12.2. The summed E-state index contributed by atoms with van der Waals surface area (Å²) < 4.78 is 5.27. The predicted molar refractivity (Wildman–Crippen MR) is 76.7 cm³/mol. The van der Waals surface area contributed by atoms with Crippen molar-refractivity contribution < 1.29 is 9.53 Å². The smallest absolute Gasteiger partial charge is 0.226 e. The molecule has 0 saturated heterocycles. The van der Waals surface area contributed by atoms with Gasteiger partial charge in [-0.1, -0.05) is 18.2 Å². The van der Waals surface area contributed by atoms with E-state index in [1.165, 1.54) is 0 Å². The number of ether oxygens (including phenoxy) is 1. The lowest BCUT2D eigenvalue weighted by molar-refractivity contribution is -0.130. The van der Waals surface area contributed by atoms with Crippen LogP contribution in [0.15, 0.2) is 24.3 Å². The van der Waals surface area contributed by atoms with Crippen molar-refractivity contribution >= 4 is 17.5 Å². The van der Waals surface area contributed by atoms with Gasteiger partial charge in [-0.25, -0.2) is 0 Å². The van der Waals surface area contributed by atoms with Crippen molar-refractivity contribution in [3.63, 3.8) is 0 Å². The average molecular weight is 282 g/mol. The number of para-hydroxylation sites is 1. The van der Waals surface area contributed by atoms with Gasteiger partial charge in [0.15, 0.2) is 0 Å². The molecule has 3 nitrogen and oxygen atoms in total. The summed E-state index contributed by atoms with van der Waals surface area (Å²) in [5.74, 6) is 1.46. The number of carbonyl (C=O) groups excluding carboxylic acids is 1. The molecule has 0 atom stereocenters. The second-order valence-electron chi connectivity index (χ2n) is 5.20. The van der Waals surface area contributed by atoms with Gasteiger partial charge in [0.1, 0.15) is 5.75 Å². The number of halogens is 1. The SMILES string of the molecule is COc1ccccc1CC(=O)N(C)CC1CC(Cl)C1. The maximum absolute atomic E-state index is 12.2. The quantitative estimate of drug-likeness (QED) is 0.777. The Hall–Kier alpha value is -1.22. The Balaban J connectivity index is 1.89. The second kappa shape index (κ2) is 6.29. The molecule has 0 aliphatic heterocycles. The molecule has 4 heteroatoms. The normalized spacial score (nSPS) is 21.6. The largest absolute Gasteiger partial charge is 0.496 e. The van der Waals surface area contributed by atoms with Gasteiger partial charge in [-0.05, 0) is 24.8 Å². The molecule has 0 bridgehead atoms. The lowest BCUT2D eigenvalue weighted by Crippen LogP contribution is -2.38. The van der Waals surface area contributed by atoms with Crippen LogP contribution in [0.3, 0.4) is 0 Å². The monoisotopic (exact) mass is 281 g/mol. The minimum Gasteiger partial charge on any atom is -0.496 e. The van der Waals surface area contributed by atoms with Crippen LogP contribution in [0.25, 0.3) is 0 Å². The molecule has 0 spiro atoms. The van der Waals surface area contributed by atoms with Gasteiger partial charge in [0, 0.05) is 24.5 Å². The highest BCUT2D eigenvalue weighted by atomic mass is 35.5. The fourth-order valence-electron chi connectivity index (χ4n) is 2.44. The van der Waals surface area contributed by atoms with Gasteiger partial charge in [-0.15, -0.1) is 11.6 Å². The fraction of sp³-hybridized carbons (Fsp3) is 0.533. The lowest BCUT2D eigenvalue weighted by Gasteiger charge is -2.34. The fourth-order valence-corrected chi connectivity index (χ4v) is 2.94. The van der Waals surface area contributed by atoms with Crippen LogP contribution in [0.2, 0.25) is 0 Å². The molecular formula is C15H20ClNO2. The molecule has 1 aliphatic rings. The summed E-state index contributed by atoms with van der Waals surface area (Å²) in [7, 11) is 3.49. The Morgan fingerprint density at radius 3 is 2.74 bits per heavy atom. The van der Waals surface area contributed by atoms with Crippen LogP contribution < -0.4 is 4.74 Å². The number of carbonyl (C=O) groups is 1. The van der Waals surface area contributed by atoms with E-state index in [0.717, 1.165) is 30.7 Å². The van der Waals surface area contributed by atoms with Crippen molar-refractivity contribution in [2.45, 2.75) is 24.6 Å². The molecule has 1 saturated carbocycles. The number of likely N-dealkylation sites (N-methyl/N-ethyl adjacent to an activating group) is 1. The van der Waals surface area contributed by atoms with Crippen LogP contribution >= 0.6 is 11.6 Å². The molecule has 104 valence electrons. The molecule has 0 N–H and O–H groups in total. The molecule has 1 fully saturated rings. The van der Waals surface area contributed by atoms with Crippen molar-refractivity contribution in [3.05, 3.63) is 29.8 Å². The summed E-state index contributed by atoms with van der Waals surface area (Å²) in [6.45, 7) is 0.803. The number of rotatable bonds is 5. The third-order valence-electron chi connectivity index (χ3n) is 3.67. The Morgan fingerprint density at radius 2 is 2.11 bits per heavy atom. The number of hydrogen-bond acceptors (Lipinski definition) is 2. The molecule has 0 heterocycles. The average Bonchev–Trinajstić information content (AvgIpc) is 2.37. The zero-order chi connectivity index (χ0) is 13.8. The van der Waals surface area contributed by atoms with Crippen LogP contribution in [-0.4, -0.2) is 36.9 Å². The van der Waals surface area contributed by atoms with E-state index in [2.05, 4.69) is 0 Å².